The molecule has 0 aliphatic heterocycles. The zero-order valence-electron chi connectivity index (χ0n) is 13.1. The first-order valence-electron chi connectivity index (χ1n) is 7.42. The van der Waals surface area contributed by atoms with Gasteiger partial charge in [-0.05, 0) is 42.0 Å². The van der Waals surface area contributed by atoms with Crippen molar-refractivity contribution in [3.05, 3.63) is 75.4 Å². The van der Waals surface area contributed by atoms with Crippen molar-refractivity contribution in [2.24, 2.45) is 0 Å². The number of H-pyrrole nitrogens is 1. The van der Waals surface area contributed by atoms with Gasteiger partial charge in [0, 0.05) is 10.7 Å². The predicted octanol–water partition coefficient (Wildman–Crippen LogP) is 2.89. The van der Waals surface area contributed by atoms with Crippen LogP contribution >= 0.6 is 11.6 Å². The highest BCUT2D eigenvalue weighted by Gasteiger charge is 2.06. The van der Waals surface area contributed by atoms with Crippen molar-refractivity contribution >= 4 is 17.3 Å². The van der Waals surface area contributed by atoms with Crippen LogP contribution in [0.5, 0.6) is 5.75 Å². The topological polar surface area (TPSA) is 71.9 Å². The lowest BCUT2D eigenvalue weighted by atomic mass is 10.2. The van der Waals surface area contributed by atoms with Crippen LogP contribution in [0, 0.1) is 0 Å². The Balaban J connectivity index is 1.64. The van der Waals surface area contributed by atoms with Crippen LogP contribution in [0.2, 0.25) is 5.02 Å². The number of benzene rings is 2. The highest BCUT2D eigenvalue weighted by Crippen LogP contribution is 2.15. The fraction of sp³-hybridized carbons (Fsp3) is 0.176. The third-order valence-corrected chi connectivity index (χ3v) is 3.77. The molecule has 3 aromatic rings. The van der Waals surface area contributed by atoms with Gasteiger partial charge in [0.25, 0.3) is 0 Å². The van der Waals surface area contributed by atoms with Gasteiger partial charge >= 0.3 is 5.69 Å². The van der Waals surface area contributed by atoms with Crippen molar-refractivity contribution in [3.63, 3.8) is 0 Å². The van der Waals surface area contributed by atoms with Gasteiger partial charge in [0.1, 0.15) is 11.6 Å². The van der Waals surface area contributed by atoms with Gasteiger partial charge < -0.3 is 10.1 Å². The maximum atomic E-state index is 12.0. The Bertz CT molecular complexity index is 854. The number of halogens is 1. The van der Waals surface area contributed by atoms with E-state index in [2.05, 4.69) is 15.4 Å². The lowest BCUT2D eigenvalue weighted by Crippen LogP contribution is -2.18. The summed E-state index contributed by atoms with van der Waals surface area (Å²) in [5.74, 6) is 1.37. The third kappa shape index (κ3) is 3.97. The fourth-order valence-corrected chi connectivity index (χ4v) is 2.37. The number of nitrogens with zero attached hydrogens (tertiary/aromatic N) is 2. The van der Waals surface area contributed by atoms with Gasteiger partial charge in [-0.25, -0.2) is 9.48 Å². The zero-order chi connectivity index (χ0) is 16.9. The van der Waals surface area contributed by atoms with Crippen LogP contribution in [0.4, 0.5) is 5.69 Å². The molecule has 0 spiro atoms. The van der Waals surface area contributed by atoms with E-state index >= 15 is 0 Å². The maximum Gasteiger partial charge on any atom is 0.343 e. The minimum atomic E-state index is -0.239. The Morgan fingerprint density at radius 1 is 1.17 bits per heavy atom. The summed E-state index contributed by atoms with van der Waals surface area (Å²) in [5.41, 5.74) is 1.64. The Morgan fingerprint density at radius 2 is 1.88 bits per heavy atom. The molecule has 0 atom stereocenters. The molecule has 24 heavy (non-hydrogen) atoms. The average molecular weight is 345 g/mol. The summed E-state index contributed by atoms with van der Waals surface area (Å²) in [6.07, 6.45) is 0. The number of aromatic amines is 1. The number of hydrogen-bond acceptors (Lipinski definition) is 4. The number of aromatic nitrogens is 3. The Kier molecular flexibility index (Phi) is 4.86. The summed E-state index contributed by atoms with van der Waals surface area (Å²) >= 11 is 5.86. The van der Waals surface area contributed by atoms with E-state index in [1.807, 2.05) is 36.4 Å². The van der Waals surface area contributed by atoms with Gasteiger partial charge in [0.15, 0.2) is 0 Å². The summed E-state index contributed by atoms with van der Waals surface area (Å²) in [4.78, 5) is 14.7. The highest BCUT2D eigenvalue weighted by molar-refractivity contribution is 6.30. The number of rotatable bonds is 6. The van der Waals surface area contributed by atoms with Gasteiger partial charge in [-0.2, -0.15) is 5.10 Å². The van der Waals surface area contributed by atoms with Crippen molar-refractivity contribution in [3.8, 4) is 5.75 Å². The first-order valence-corrected chi connectivity index (χ1v) is 7.80. The largest absolute Gasteiger partial charge is 0.497 e. The SMILES string of the molecule is COc1ccc(NCc2nn(Cc3ccc(Cl)cc3)c(=O)[nH]2)cc1. The lowest BCUT2D eigenvalue weighted by Gasteiger charge is -2.05. The van der Waals surface area contributed by atoms with Crippen LogP contribution in [0.25, 0.3) is 0 Å². The van der Waals surface area contributed by atoms with E-state index in [1.54, 1.807) is 19.2 Å². The molecular weight excluding hydrogens is 328 g/mol. The minimum absolute atomic E-state index is 0.239. The number of hydrogen-bond donors (Lipinski definition) is 2. The van der Waals surface area contributed by atoms with Crippen LogP contribution < -0.4 is 15.7 Å². The summed E-state index contributed by atoms with van der Waals surface area (Å²) in [6.45, 7) is 0.824. The first kappa shape index (κ1) is 16.1. The number of methoxy groups -OCH3 is 1. The van der Waals surface area contributed by atoms with Crippen LogP contribution in [0.3, 0.4) is 0 Å². The first-order chi connectivity index (χ1) is 11.6. The molecule has 0 aliphatic rings. The van der Waals surface area contributed by atoms with Crippen molar-refractivity contribution in [1.29, 1.82) is 0 Å². The van der Waals surface area contributed by atoms with Crippen LogP contribution in [-0.4, -0.2) is 21.9 Å². The molecule has 0 bridgehead atoms. The van der Waals surface area contributed by atoms with Crippen LogP contribution in [-0.2, 0) is 13.1 Å². The van der Waals surface area contributed by atoms with Gasteiger partial charge in [-0.1, -0.05) is 23.7 Å². The van der Waals surface area contributed by atoms with Crippen molar-refractivity contribution < 1.29 is 4.74 Å². The van der Waals surface area contributed by atoms with Crippen molar-refractivity contribution in [2.75, 3.05) is 12.4 Å². The molecule has 0 fully saturated rings. The van der Waals surface area contributed by atoms with Gasteiger partial charge in [-0.15, -0.1) is 0 Å². The Morgan fingerprint density at radius 3 is 2.54 bits per heavy atom. The van der Waals surface area contributed by atoms with Crippen molar-refractivity contribution in [1.82, 2.24) is 14.8 Å². The number of anilines is 1. The molecule has 7 heteroatoms. The third-order valence-electron chi connectivity index (χ3n) is 3.52. The average Bonchev–Trinajstić information content (AvgIpc) is 2.95. The van der Waals surface area contributed by atoms with E-state index in [1.165, 1.54) is 4.68 Å². The van der Waals surface area contributed by atoms with E-state index in [0.717, 1.165) is 17.0 Å². The lowest BCUT2D eigenvalue weighted by molar-refractivity contribution is 0.415. The van der Waals surface area contributed by atoms with Gasteiger partial charge in [-0.3, -0.25) is 4.98 Å². The number of ether oxygens (including phenoxy) is 1. The molecule has 1 heterocycles. The van der Waals surface area contributed by atoms with E-state index < -0.39 is 0 Å². The van der Waals surface area contributed by atoms with E-state index in [4.69, 9.17) is 16.3 Å². The van der Waals surface area contributed by atoms with Crippen LogP contribution in [0.1, 0.15) is 11.4 Å². The van der Waals surface area contributed by atoms with E-state index in [-0.39, 0.29) is 5.69 Å². The summed E-state index contributed by atoms with van der Waals surface area (Å²) in [7, 11) is 1.63. The molecule has 0 aliphatic carbocycles. The van der Waals surface area contributed by atoms with Gasteiger partial charge in [0.2, 0.25) is 0 Å². The van der Waals surface area contributed by atoms with Crippen molar-refractivity contribution in [2.45, 2.75) is 13.1 Å². The standard InChI is InChI=1S/C17H17ClN4O2/c1-24-15-8-6-14(7-9-15)19-10-16-20-17(23)22(21-16)11-12-2-4-13(18)5-3-12/h2-9,19H,10-11H2,1H3,(H,20,21,23). The molecule has 2 N–H and O–H groups in total. The molecule has 2 aromatic carbocycles. The Labute approximate surface area is 144 Å². The minimum Gasteiger partial charge on any atom is -0.497 e. The second-order valence-electron chi connectivity index (χ2n) is 5.24. The fourth-order valence-electron chi connectivity index (χ4n) is 2.25. The summed E-state index contributed by atoms with van der Waals surface area (Å²) in [5, 5.41) is 8.17. The quantitative estimate of drug-likeness (QED) is 0.721. The molecule has 1 aromatic heterocycles. The van der Waals surface area contributed by atoms with E-state index in [0.29, 0.717) is 23.9 Å². The second kappa shape index (κ2) is 7.23. The summed E-state index contributed by atoms with van der Waals surface area (Å²) < 4.78 is 6.51. The summed E-state index contributed by atoms with van der Waals surface area (Å²) in [6, 6.07) is 14.9. The predicted molar refractivity (Wildman–Crippen MR) is 93.7 cm³/mol. The molecule has 0 saturated heterocycles. The highest BCUT2D eigenvalue weighted by atomic mass is 35.5. The monoisotopic (exact) mass is 344 g/mol. The van der Waals surface area contributed by atoms with Gasteiger partial charge in [0.05, 0.1) is 20.2 Å². The number of nitrogens with one attached hydrogen (secondary N) is 2. The molecule has 0 saturated carbocycles. The molecule has 0 amide bonds. The molecule has 0 unspecified atom stereocenters. The smallest absolute Gasteiger partial charge is 0.343 e. The molecular formula is C17H17ClN4O2. The van der Waals surface area contributed by atoms with E-state index in [9.17, 15) is 4.79 Å². The second-order valence-corrected chi connectivity index (χ2v) is 5.68. The molecule has 124 valence electrons. The maximum absolute atomic E-state index is 12.0. The zero-order valence-corrected chi connectivity index (χ0v) is 13.9. The Hall–Kier alpha value is -2.73. The molecule has 6 nitrogen and oxygen atoms in total. The normalized spacial score (nSPS) is 10.6. The van der Waals surface area contributed by atoms with Crippen LogP contribution in [0.15, 0.2) is 53.3 Å². The molecule has 3 rings (SSSR count). The molecule has 0 radical (unpaired) electrons.